The molecule has 0 bridgehead atoms. The molecule has 1 fully saturated rings. The van der Waals surface area contributed by atoms with Gasteiger partial charge in [-0.05, 0) is 42.8 Å². The van der Waals surface area contributed by atoms with E-state index in [2.05, 4.69) is 17.0 Å². The summed E-state index contributed by atoms with van der Waals surface area (Å²) in [7, 11) is -3.65. The number of benzene rings is 2. The van der Waals surface area contributed by atoms with Gasteiger partial charge in [-0.25, -0.2) is 8.42 Å². The van der Waals surface area contributed by atoms with Crippen LogP contribution in [0.2, 0.25) is 5.02 Å². The maximum atomic E-state index is 13.3. The standard InChI is InChI=1S/C21H26ClN3O3S/c1-3-20(25(29(2,27)28)19-11-9-17(22)10-12-19)21(26)24-15-13-23(14-16-24)18-7-5-4-6-8-18/h4-12,20H,3,13-16H2,1-2H3/t20-/m1/s1. The van der Waals surface area contributed by atoms with Gasteiger partial charge in [0, 0.05) is 36.9 Å². The van der Waals surface area contributed by atoms with E-state index in [4.69, 9.17) is 11.6 Å². The molecule has 1 saturated heterocycles. The lowest BCUT2D eigenvalue weighted by Crippen LogP contribution is -2.56. The van der Waals surface area contributed by atoms with Crippen molar-refractivity contribution < 1.29 is 13.2 Å². The fourth-order valence-electron chi connectivity index (χ4n) is 3.67. The Morgan fingerprint density at radius 1 is 1.03 bits per heavy atom. The molecule has 8 heteroatoms. The topological polar surface area (TPSA) is 60.9 Å². The quantitative estimate of drug-likeness (QED) is 0.698. The smallest absolute Gasteiger partial charge is 0.246 e. The van der Waals surface area contributed by atoms with E-state index in [9.17, 15) is 13.2 Å². The predicted molar refractivity (Wildman–Crippen MR) is 118 cm³/mol. The van der Waals surface area contributed by atoms with Crippen molar-refractivity contribution in [2.45, 2.75) is 19.4 Å². The molecule has 1 aliphatic heterocycles. The predicted octanol–water partition coefficient (Wildman–Crippen LogP) is 3.23. The maximum absolute atomic E-state index is 13.3. The molecule has 1 atom stereocenters. The molecule has 1 amide bonds. The highest BCUT2D eigenvalue weighted by atomic mass is 35.5. The highest BCUT2D eigenvalue weighted by molar-refractivity contribution is 7.92. The number of carbonyl (C=O) groups excluding carboxylic acids is 1. The van der Waals surface area contributed by atoms with Crippen LogP contribution in [-0.2, 0) is 14.8 Å². The molecule has 0 spiro atoms. The monoisotopic (exact) mass is 435 g/mol. The van der Waals surface area contributed by atoms with E-state index >= 15 is 0 Å². The molecule has 0 saturated carbocycles. The van der Waals surface area contributed by atoms with Crippen LogP contribution in [-0.4, -0.2) is 57.7 Å². The summed E-state index contributed by atoms with van der Waals surface area (Å²) in [5.41, 5.74) is 1.57. The van der Waals surface area contributed by atoms with Gasteiger partial charge >= 0.3 is 0 Å². The number of halogens is 1. The number of carbonyl (C=O) groups is 1. The van der Waals surface area contributed by atoms with Gasteiger partial charge in [0.15, 0.2) is 0 Å². The molecule has 2 aromatic rings. The third-order valence-electron chi connectivity index (χ3n) is 5.11. The summed E-state index contributed by atoms with van der Waals surface area (Å²) in [4.78, 5) is 17.3. The molecule has 1 aliphatic rings. The molecule has 0 unspecified atom stereocenters. The fraction of sp³-hybridized carbons (Fsp3) is 0.381. The third-order valence-corrected chi connectivity index (χ3v) is 6.54. The van der Waals surface area contributed by atoms with Gasteiger partial charge < -0.3 is 9.80 Å². The zero-order chi connectivity index (χ0) is 21.0. The van der Waals surface area contributed by atoms with E-state index in [-0.39, 0.29) is 5.91 Å². The van der Waals surface area contributed by atoms with E-state index in [0.29, 0.717) is 43.3 Å². The third kappa shape index (κ3) is 5.03. The van der Waals surface area contributed by atoms with E-state index in [1.54, 1.807) is 29.2 Å². The van der Waals surface area contributed by atoms with Crippen LogP contribution in [0.1, 0.15) is 13.3 Å². The van der Waals surface area contributed by atoms with Crippen molar-refractivity contribution in [3.05, 3.63) is 59.6 Å². The zero-order valence-corrected chi connectivity index (χ0v) is 18.2. The van der Waals surface area contributed by atoms with E-state index in [1.807, 2.05) is 25.1 Å². The number of piperazine rings is 1. The first-order valence-corrected chi connectivity index (χ1v) is 11.9. The van der Waals surface area contributed by atoms with Crippen LogP contribution in [0.4, 0.5) is 11.4 Å². The highest BCUT2D eigenvalue weighted by Gasteiger charge is 2.35. The minimum absolute atomic E-state index is 0.166. The molecule has 6 nitrogen and oxygen atoms in total. The van der Waals surface area contributed by atoms with Crippen LogP contribution in [0.25, 0.3) is 0 Å². The van der Waals surface area contributed by atoms with Crippen molar-refractivity contribution in [2.75, 3.05) is 41.6 Å². The van der Waals surface area contributed by atoms with Crippen molar-refractivity contribution in [1.29, 1.82) is 0 Å². The van der Waals surface area contributed by atoms with Gasteiger partial charge in [-0.2, -0.15) is 0 Å². The molecule has 1 heterocycles. The molecule has 0 N–H and O–H groups in total. The van der Waals surface area contributed by atoms with Crippen LogP contribution in [0.3, 0.4) is 0 Å². The normalized spacial score (nSPS) is 15.8. The Bertz CT molecular complexity index is 927. The number of hydrogen-bond acceptors (Lipinski definition) is 4. The summed E-state index contributed by atoms with van der Waals surface area (Å²) in [6.07, 6.45) is 1.51. The summed E-state index contributed by atoms with van der Waals surface area (Å²) in [5, 5.41) is 0.513. The molecule has 3 rings (SSSR count). The minimum Gasteiger partial charge on any atom is -0.368 e. The number of rotatable bonds is 6. The first-order valence-electron chi connectivity index (χ1n) is 9.65. The van der Waals surface area contributed by atoms with Crippen molar-refractivity contribution in [3.63, 3.8) is 0 Å². The summed E-state index contributed by atoms with van der Waals surface area (Å²) in [6, 6.07) is 15.8. The van der Waals surface area contributed by atoms with Gasteiger partial charge in [0.25, 0.3) is 0 Å². The summed E-state index contributed by atoms with van der Waals surface area (Å²) in [6.45, 7) is 4.37. The zero-order valence-electron chi connectivity index (χ0n) is 16.7. The number of sulfonamides is 1. The van der Waals surface area contributed by atoms with E-state index in [0.717, 1.165) is 11.9 Å². The van der Waals surface area contributed by atoms with Crippen molar-refractivity contribution >= 4 is 38.9 Å². The molecular weight excluding hydrogens is 410 g/mol. The minimum atomic E-state index is -3.65. The van der Waals surface area contributed by atoms with Gasteiger partial charge in [0.2, 0.25) is 15.9 Å². The maximum Gasteiger partial charge on any atom is 0.246 e. The van der Waals surface area contributed by atoms with Gasteiger partial charge in [-0.15, -0.1) is 0 Å². The van der Waals surface area contributed by atoms with Crippen molar-refractivity contribution in [1.82, 2.24) is 4.90 Å². The number of amides is 1. The Morgan fingerprint density at radius 3 is 2.14 bits per heavy atom. The Kier molecular flexibility index (Phi) is 6.70. The fourth-order valence-corrected chi connectivity index (χ4v) is 5.00. The molecule has 0 aromatic heterocycles. The average Bonchev–Trinajstić information content (AvgIpc) is 2.72. The Hall–Kier alpha value is -2.25. The SMILES string of the molecule is CC[C@H](C(=O)N1CCN(c2ccccc2)CC1)N(c1ccc(Cl)cc1)S(C)(=O)=O. The van der Waals surface area contributed by atoms with E-state index < -0.39 is 16.1 Å². The van der Waals surface area contributed by atoms with Gasteiger partial charge in [0.1, 0.15) is 6.04 Å². The average molecular weight is 436 g/mol. The number of anilines is 2. The molecule has 156 valence electrons. The Labute approximate surface area is 177 Å². The largest absolute Gasteiger partial charge is 0.368 e. The van der Waals surface area contributed by atoms with Gasteiger partial charge in [-0.1, -0.05) is 36.7 Å². The molecule has 29 heavy (non-hydrogen) atoms. The molecular formula is C21H26ClN3O3S. The second-order valence-electron chi connectivity index (χ2n) is 7.11. The lowest BCUT2D eigenvalue weighted by Gasteiger charge is -2.39. The van der Waals surface area contributed by atoms with Crippen molar-refractivity contribution in [3.8, 4) is 0 Å². The second-order valence-corrected chi connectivity index (χ2v) is 9.40. The lowest BCUT2D eigenvalue weighted by atomic mass is 10.1. The molecule has 0 radical (unpaired) electrons. The van der Waals surface area contributed by atoms with Crippen LogP contribution >= 0.6 is 11.6 Å². The lowest BCUT2D eigenvalue weighted by molar-refractivity contribution is -0.132. The first kappa shape index (κ1) is 21.5. The second kappa shape index (κ2) is 9.05. The van der Waals surface area contributed by atoms with E-state index in [1.165, 1.54) is 4.31 Å². The Morgan fingerprint density at radius 2 is 1.62 bits per heavy atom. The van der Waals surface area contributed by atoms with Crippen molar-refractivity contribution in [2.24, 2.45) is 0 Å². The first-order chi connectivity index (χ1) is 13.8. The Balaban J connectivity index is 1.77. The highest BCUT2D eigenvalue weighted by Crippen LogP contribution is 2.26. The van der Waals surface area contributed by atoms with Gasteiger partial charge in [0.05, 0.1) is 11.9 Å². The number of para-hydroxylation sites is 1. The molecule has 0 aliphatic carbocycles. The van der Waals surface area contributed by atoms with Crippen LogP contribution < -0.4 is 9.21 Å². The summed E-state index contributed by atoms with van der Waals surface area (Å²) < 4.78 is 26.3. The van der Waals surface area contributed by atoms with Crippen LogP contribution in [0, 0.1) is 0 Å². The van der Waals surface area contributed by atoms with Crippen LogP contribution in [0.15, 0.2) is 54.6 Å². The summed E-state index contributed by atoms with van der Waals surface area (Å²) in [5.74, 6) is -0.166. The van der Waals surface area contributed by atoms with Gasteiger partial charge in [-0.3, -0.25) is 9.10 Å². The van der Waals surface area contributed by atoms with Crippen LogP contribution in [0.5, 0.6) is 0 Å². The molecule has 2 aromatic carbocycles. The number of hydrogen-bond donors (Lipinski definition) is 0. The summed E-state index contributed by atoms with van der Waals surface area (Å²) >= 11 is 5.94. The number of nitrogens with zero attached hydrogens (tertiary/aromatic N) is 3.